The second-order valence-corrected chi connectivity index (χ2v) is 7.78. The van der Waals surface area contributed by atoms with E-state index in [9.17, 15) is 4.79 Å². The highest BCUT2D eigenvalue weighted by atomic mass is 16.5. The molecule has 0 bridgehead atoms. The first-order valence-corrected chi connectivity index (χ1v) is 10.6. The summed E-state index contributed by atoms with van der Waals surface area (Å²) in [5.41, 5.74) is 1.75. The number of methoxy groups -OCH3 is 1. The number of amides is 1. The fraction of sp³-hybridized carbons (Fsp3) is 0.458. The summed E-state index contributed by atoms with van der Waals surface area (Å²) in [5, 5.41) is 0. The summed E-state index contributed by atoms with van der Waals surface area (Å²) in [6.07, 6.45) is 0. The Hall–Kier alpha value is -2.89. The van der Waals surface area contributed by atoms with E-state index >= 15 is 0 Å². The Morgan fingerprint density at radius 2 is 1.77 bits per heavy atom. The summed E-state index contributed by atoms with van der Waals surface area (Å²) in [6, 6.07) is 13.5. The van der Waals surface area contributed by atoms with Gasteiger partial charge in [-0.05, 0) is 43.2 Å². The highest BCUT2D eigenvalue weighted by Gasteiger charge is 2.23. The lowest BCUT2D eigenvalue weighted by atomic mass is 10.1. The smallest absolute Gasteiger partial charge is 0.254 e. The molecule has 0 spiro atoms. The van der Waals surface area contributed by atoms with E-state index in [-0.39, 0.29) is 5.91 Å². The molecule has 0 atom stereocenters. The van der Waals surface area contributed by atoms with Gasteiger partial charge in [-0.2, -0.15) is 0 Å². The van der Waals surface area contributed by atoms with Crippen molar-refractivity contribution < 1.29 is 19.0 Å². The Morgan fingerprint density at radius 1 is 1.00 bits per heavy atom. The van der Waals surface area contributed by atoms with Gasteiger partial charge in [-0.25, -0.2) is 0 Å². The van der Waals surface area contributed by atoms with Crippen molar-refractivity contribution in [1.29, 1.82) is 0 Å². The highest BCUT2D eigenvalue weighted by molar-refractivity contribution is 5.95. The van der Waals surface area contributed by atoms with E-state index in [1.165, 1.54) is 0 Å². The van der Waals surface area contributed by atoms with Gasteiger partial charge in [-0.3, -0.25) is 4.79 Å². The molecule has 0 N–H and O–H groups in total. The van der Waals surface area contributed by atoms with Crippen LogP contribution in [-0.4, -0.2) is 57.3 Å². The maximum atomic E-state index is 13.1. The van der Waals surface area contributed by atoms with E-state index in [1.807, 2.05) is 42.2 Å². The zero-order valence-electron chi connectivity index (χ0n) is 18.4. The third-order valence-electron chi connectivity index (χ3n) is 5.05. The maximum absolute atomic E-state index is 13.1. The van der Waals surface area contributed by atoms with Crippen LogP contribution in [0.15, 0.2) is 42.5 Å². The molecule has 6 heteroatoms. The van der Waals surface area contributed by atoms with Gasteiger partial charge in [-0.1, -0.05) is 19.9 Å². The summed E-state index contributed by atoms with van der Waals surface area (Å²) < 4.78 is 16.9. The maximum Gasteiger partial charge on any atom is 0.254 e. The number of anilines is 1. The number of piperazine rings is 1. The van der Waals surface area contributed by atoms with Crippen LogP contribution in [0, 0.1) is 5.92 Å². The normalized spacial score (nSPS) is 14.0. The predicted octanol–water partition coefficient (Wildman–Crippen LogP) is 4.09. The molecule has 0 aliphatic carbocycles. The molecular formula is C24H32N2O4. The van der Waals surface area contributed by atoms with Crippen LogP contribution in [0.3, 0.4) is 0 Å². The van der Waals surface area contributed by atoms with Crippen molar-refractivity contribution in [3.8, 4) is 17.2 Å². The van der Waals surface area contributed by atoms with E-state index in [0.29, 0.717) is 49.3 Å². The molecule has 0 aromatic heterocycles. The first kappa shape index (κ1) is 21.8. The van der Waals surface area contributed by atoms with Gasteiger partial charge >= 0.3 is 0 Å². The molecular weight excluding hydrogens is 380 g/mol. The van der Waals surface area contributed by atoms with Gasteiger partial charge < -0.3 is 24.0 Å². The van der Waals surface area contributed by atoms with Gasteiger partial charge in [0.2, 0.25) is 0 Å². The molecule has 1 fully saturated rings. The molecule has 1 heterocycles. The van der Waals surface area contributed by atoms with E-state index in [0.717, 1.165) is 24.5 Å². The average Bonchev–Trinajstić information content (AvgIpc) is 2.78. The van der Waals surface area contributed by atoms with Crippen molar-refractivity contribution in [2.24, 2.45) is 5.92 Å². The van der Waals surface area contributed by atoms with Crippen LogP contribution in [0.4, 0.5) is 5.69 Å². The van der Waals surface area contributed by atoms with E-state index in [1.54, 1.807) is 13.2 Å². The number of carbonyl (C=O) groups excluding carboxylic acids is 1. The third-order valence-corrected chi connectivity index (χ3v) is 5.05. The molecule has 0 radical (unpaired) electrons. The second kappa shape index (κ2) is 10.2. The van der Waals surface area contributed by atoms with E-state index in [2.05, 4.69) is 24.8 Å². The van der Waals surface area contributed by atoms with Gasteiger partial charge in [0.1, 0.15) is 5.75 Å². The molecule has 162 valence electrons. The largest absolute Gasteiger partial charge is 0.497 e. The average molecular weight is 413 g/mol. The van der Waals surface area contributed by atoms with Crippen LogP contribution >= 0.6 is 0 Å². The number of hydrogen-bond acceptors (Lipinski definition) is 5. The summed E-state index contributed by atoms with van der Waals surface area (Å²) in [6.45, 7) is 10.2. The van der Waals surface area contributed by atoms with Gasteiger partial charge in [-0.15, -0.1) is 0 Å². The minimum absolute atomic E-state index is 0.0247. The summed E-state index contributed by atoms with van der Waals surface area (Å²) in [7, 11) is 1.67. The Balaban J connectivity index is 1.66. The van der Waals surface area contributed by atoms with E-state index in [4.69, 9.17) is 14.2 Å². The Bertz CT molecular complexity index is 845. The lowest BCUT2D eigenvalue weighted by Gasteiger charge is -2.36. The predicted molar refractivity (Wildman–Crippen MR) is 119 cm³/mol. The monoisotopic (exact) mass is 412 g/mol. The molecule has 3 rings (SSSR count). The summed E-state index contributed by atoms with van der Waals surface area (Å²) in [5.74, 6) is 2.59. The number of nitrogens with zero attached hydrogens (tertiary/aromatic N) is 2. The molecule has 0 saturated carbocycles. The first-order chi connectivity index (χ1) is 14.5. The number of carbonyl (C=O) groups is 1. The van der Waals surface area contributed by atoms with Crippen LogP contribution in [0.5, 0.6) is 17.2 Å². The molecule has 0 unspecified atom stereocenters. The summed E-state index contributed by atoms with van der Waals surface area (Å²) in [4.78, 5) is 17.2. The molecule has 2 aromatic rings. The van der Waals surface area contributed by atoms with Crippen LogP contribution in [-0.2, 0) is 0 Å². The molecule has 1 aliphatic heterocycles. The molecule has 30 heavy (non-hydrogen) atoms. The van der Waals surface area contributed by atoms with E-state index < -0.39 is 0 Å². The number of benzene rings is 2. The standard InChI is InChI=1S/C24H32N2O4/c1-5-29-23-15-19(9-10-22(23)30-17-18(2)3)24(27)26-13-11-25(12-14-26)20-7-6-8-21(16-20)28-4/h6-10,15-16,18H,5,11-14,17H2,1-4H3. The number of hydrogen-bond donors (Lipinski definition) is 0. The molecule has 1 aliphatic rings. The zero-order chi connectivity index (χ0) is 21.5. The molecule has 6 nitrogen and oxygen atoms in total. The molecule has 1 amide bonds. The van der Waals surface area contributed by atoms with Gasteiger partial charge in [0, 0.05) is 43.5 Å². The first-order valence-electron chi connectivity index (χ1n) is 10.6. The van der Waals surface area contributed by atoms with Gasteiger partial charge in [0.25, 0.3) is 5.91 Å². The molecule has 2 aromatic carbocycles. The quantitative estimate of drug-likeness (QED) is 0.654. The van der Waals surface area contributed by atoms with Crippen molar-refractivity contribution >= 4 is 11.6 Å². The fourth-order valence-corrected chi connectivity index (χ4v) is 3.44. The van der Waals surface area contributed by atoms with Crippen LogP contribution in [0.25, 0.3) is 0 Å². The van der Waals surface area contributed by atoms with Crippen LogP contribution < -0.4 is 19.1 Å². The highest BCUT2D eigenvalue weighted by Crippen LogP contribution is 2.30. The van der Waals surface area contributed by atoms with Crippen molar-refractivity contribution in [1.82, 2.24) is 4.90 Å². The molecule has 1 saturated heterocycles. The van der Waals surface area contributed by atoms with Gasteiger partial charge in [0.05, 0.1) is 20.3 Å². The van der Waals surface area contributed by atoms with Crippen molar-refractivity contribution in [2.45, 2.75) is 20.8 Å². The fourth-order valence-electron chi connectivity index (χ4n) is 3.44. The lowest BCUT2D eigenvalue weighted by Crippen LogP contribution is -2.48. The second-order valence-electron chi connectivity index (χ2n) is 7.78. The third kappa shape index (κ3) is 5.38. The van der Waals surface area contributed by atoms with Crippen molar-refractivity contribution in [3.63, 3.8) is 0 Å². The summed E-state index contributed by atoms with van der Waals surface area (Å²) >= 11 is 0. The van der Waals surface area contributed by atoms with Crippen molar-refractivity contribution in [2.75, 3.05) is 51.4 Å². The lowest BCUT2D eigenvalue weighted by molar-refractivity contribution is 0.0746. The minimum atomic E-state index is 0.0247. The van der Waals surface area contributed by atoms with Crippen LogP contribution in [0.1, 0.15) is 31.1 Å². The van der Waals surface area contributed by atoms with Crippen LogP contribution in [0.2, 0.25) is 0 Å². The van der Waals surface area contributed by atoms with Crippen molar-refractivity contribution in [3.05, 3.63) is 48.0 Å². The Labute approximate surface area is 179 Å². The SMILES string of the molecule is CCOc1cc(C(=O)N2CCN(c3cccc(OC)c3)CC2)ccc1OCC(C)C. The number of ether oxygens (including phenoxy) is 3. The topological polar surface area (TPSA) is 51.2 Å². The Kier molecular flexibility index (Phi) is 7.44. The zero-order valence-corrected chi connectivity index (χ0v) is 18.4. The van der Waals surface area contributed by atoms with Gasteiger partial charge in [0.15, 0.2) is 11.5 Å². The Morgan fingerprint density at radius 3 is 2.43 bits per heavy atom. The minimum Gasteiger partial charge on any atom is -0.497 e. The number of rotatable bonds is 8.